The molecule has 3 heterocycles. The van der Waals surface area contributed by atoms with Crippen molar-refractivity contribution in [3.05, 3.63) is 71.7 Å². The number of hydrogen-bond donors (Lipinski definition) is 5. The zero-order valence-corrected chi connectivity index (χ0v) is 25.6. The van der Waals surface area contributed by atoms with Gasteiger partial charge in [0.1, 0.15) is 11.7 Å². The fraction of sp³-hybridized carbons (Fsp3) is 0.367. The number of ether oxygens (including phenoxy) is 1. The Hall–Kier alpha value is -4.76. The number of nitrogens with zero attached hydrogens (tertiary/aromatic N) is 3. The molecule has 0 aliphatic carbocycles. The van der Waals surface area contributed by atoms with Crippen LogP contribution in [0, 0.1) is 17.2 Å². The molecule has 3 amide bonds. The third-order valence-electron chi connectivity index (χ3n) is 8.42. The summed E-state index contributed by atoms with van der Waals surface area (Å²) in [4.78, 5) is 46.2. The highest BCUT2D eigenvalue weighted by Crippen LogP contribution is 2.42. The first-order valence-corrected chi connectivity index (χ1v) is 16.2. The van der Waals surface area contributed by atoms with E-state index in [1.807, 2.05) is 17.4 Å². The lowest BCUT2D eigenvalue weighted by atomic mass is 9.83. The Morgan fingerprint density at radius 2 is 1.67 bits per heavy atom. The van der Waals surface area contributed by atoms with Crippen LogP contribution in [0.4, 0.5) is 15.3 Å². The van der Waals surface area contributed by atoms with Gasteiger partial charge < -0.3 is 19.7 Å². The molecule has 0 radical (unpaired) electrons. The molecular weight excluding hydrogens is 602 g/mol. The van der Waals surface area contributed by atoms with Gasteiger partial charge in [-0.15, -0.1) is 0 Å². The van der Waals surface area contributed by atoms with Gasteiger partial charge in [0.15, 0.2) is 0 Å². The van der Waals surface area contributed by atoms with Gasteiger partial charge in [-0.3, -0.25) is 20.8 Å². The maximum Gasteiger partial charge on any atom is 0.411 e. The molecule has 2 saturated heterocycles. The number of piperidine rings is 1. The molecule has 238 valence electrons. The largest absolute Gasteiger partial charge is 0.465 e. The number of imidazole rings is 1. The van der Waals surface area contributed by atoms with Gasteiger partial charge in [-0.05, 0) is 60.9 Å². The van der Waals surface area contributed by atoms with E-state index < -0.39 is 22.2 Å². The van der Waals surface area contributed by atoms with Crippen LogP contribution < -0.4 is 10.6 Å². The Labute approximate surface area is 260 Å². The van der Waals surface area contributed by atoms with Gasteiger partial charge in [0.25, 0.3) is 5.91 Å². The van der Waals surface area contributed by atoms with Gasteiger partial charge in [0, 0.05) is 36.4 Å². The second-order valence-corrected chi connectivity index (χ2v) is 13.2. The third kappa shape index (κ3) is 7.32. The molecular formula is C30H35N7O7S. The van der Waals surface area contributed by atoms with Crippen LogP contribution >= 0.6 is 0 Å². The fourth-order valence-electron chi connectivity index (χ4n) is 6.05. The van der Waals surface area contributed by atoms with Crippen LogP contribution in [-0.2, 0) is 14.8 Å². The number of rotatable bonds is 7. The minimum Gasteiger partial charge on any atom is -0.465 e. The predicted octanol–water partition coefficient (Wildman–Crippen LogP) is 3.72. The Morgan fingerprint density at radius 3 is 2.27 bits per heavy atom. The SMILES string of the molecule is COC(=O)Nc1ccc(-c2cnc([C@@H]3C[C@H](C4CCN(S(C)(=O)=O)CC4)CN3C(=O)c3ccc(C(=N)NC(=O)O)cc3)[nH]2)cc1. The molecule has 0 bridgehead atoms. The van der Waals surface area contributed by atoms with Crippen molar-refractivity contribution in [1.29, 1.82) is 5.41 Å². The molecule has 1 aromatic heterocycles. The van der Waals surface area contributed by atoms with Crippen molar-refractivity contribution in [2.45, 2.75) is 25.3 Å². The fourth-order valence-corrected chi connectivity index (χ4v) is 6.93. The van der Waals surface area contributed by atoms with Crippen molar-refractivity contribution >= 4 is 39.6 Å². The number of carbonyl (C=O) groups excluding carboxylic acids is 2. The zero-order chi connectivity index (χ0) is 32.3. The second-order valence-electron chi connectivity index (χ2n) is 11.2. The highest BCUT2D eigenvalue weighted by Gasteiger charge is 2.42. The maximum atomic E-state index is 13.9. The van der Waals surface area contributed by atoms with Gasteiger partial charge in [0.05, 0.1) is 31.3 Å². The van der Waals surface area contributed by atoms with Crippen molar-refractivity contribution < 1.29 is 32.6 Å². The lowest BCUT2D eigenvalue weighted by molar-refractivity contribution is 0.0720. The number of hydrogen-bond acceptors (Lipinski definition) is 8. The molecule has 5 N–H and O–H groups in total. The topological polar surface area (TPSA) is 198 Å². The lowest BCUT2D eigenvalue weighted by Crippen LogP contribution is -2.40. The monoisotopic (exact) mass is 637 g/mol. The van der Waals surface area contributed by atoms with Crippen LogP contribution in [0.15, 0.2) is 54.7 Å². The van der Waals surface area contributed by atoms with Crippen molar-refractivity contribution in [2.75, 3.05) is 38.3 Å². The number of H-pyrrole nitrogens is 1. The summed E-state index contributed by atoms with van der Waals surface area (Å²) in [6.07, 6.45) is 3.06. The highest BCUT2D eigenvalue weighted by molar-refractivity contribution is 7.88. The van der Waals surface area contributed by atoms with Crippen molar-refractivity contribution in [3.63, 3.8) is 0 Å². The van der Waals surface area contributed by atoms with Crippen LogP contribution in [0.1, 0.15) is 47.1 Å². The summed E-state index contributed by atoms with van der Waals surface area (Å²) in [5.74, 6) is 0.465. The van der Waals surface area contributed by atoms with E-state index in [0.717, 1.165) is 11.3 Å². The molecule has 2 aliphatic rings. The minimum atomic E-state index is -3.26. The van der Waals surface area contributed by atoms with Gasteiger partial charge in [-0.25, -0.2) is 27.3 Å². The summed E-state index contributed by atoms with van der Waals surface area (Å²) in [7, 11) is -1.97. The summed E-state index contributed by atoms with van der Waals surface area (Å²) in [5.41, 5.74) is 2.85. The van der Waals surface area contributed by atoms with Crippen molar-refractivity contribution in [3.8, 4) is 11.3 Å². The van der Waals surface area contributed by atoms with Gasteiger partial charge >= 0.3 is 12.2 Å². The van der Waals surface area contributed by atoms with E-state index in [-0.39, 0.29) is 29.6 Å². The second kappa shape index (κ2) is 13.1. The van der Waals surface area contributed by atoms with E-state index in [0.29, 0.717) is 61.5 Å². The zero-order valence-electron chi connectivity index (χ0n) is 24.8. The maximum absolute atomic E-state index is 13.9. The lowest BCUT2D eigenvalue weighted by Gasteiger charge is -2.33. The number of amides is 3. The number of carbonyl (C=O) groups is 3. The van der Waals surface area contributed by atoms with E-state index in [9.17, 15) is 22.8 Å². The number of amidine groups is 1. The van der Waals surface area contributed by atoms with Gasteiger partial charge in [-0.2, -0.15) is 0 Å². The number of benzene rings is 2. The molecule has 45 heavy (non-hydrogen) atoms. The Balaban J connectivity index is 1.38. The standard InChI is InChI=1S/C30H35N7O7S/c1-44-30(41)33-23-9-7-19(8-10-23)24-16-32-27(34-24)25-15-22(18-11-13-36(14-12-18)45(2,42)43)17-37(25)28(38)21-5-3-20(4-6-21)26(31)35-29(39)40/h3-10,16,18,22,25H,11-15,17H2,1-2H3,(H2,31,35)(H,32,34)(H,33,41)(H,39,40)/t22-,25-/m0/s1. The van der Waals surface area contributed by atoms with Crippen LogP contribution in [0.2, 0.25) is 0 Å². The minimum absolute atomic E-state index is 0.130. The van der Waals surface area contributed by atoms with E-state index in [4.69, 9.17) is 10.5 Å². The molecule has 2 fully saturated rings. The Morgan fingerprint density at radius 1 is 1.02 bits per heavy atom. The van der Waals surface area contributed by atoms with Crippen LogP contribution in [0.5, 0.6) is 0 Å². The smallest absolute Gasteiger partial charge is 0.411 e. The average Bonchev–Trinajstić information content (AvgIpc) is 3.69. The van der Waals surface area contributed by atoms with Gasteiger partial charge in [0.2, 0.25) is 10.0 Å². The first-order chi connectivity index (χ1) is 21.4. The number of carboxylic acid groups (broad SMARTS) is 1. The van der Waals surface area contributed by atoms with E-state index >= 15 is 0 Å². The summed E-state index contributed by atoms with van der Waals surface area (Å²) in [5, 5.41) is 21.4. The molecule has 3 aromatic rings. The molecule has 2 atom stereocenters. The highest BCUT2D eigenvalue weighted by atomic mass is 32.2. The van der Waals surface area contributed by atoms with Crippen LogP contribution in [0.3, 0.4) is 0 Å². The normalized spacial score (nSPS) is 19.2. The number of aromatic nitrogens is 2. The summed E-state index contributed by atoms with van der Waals surface area (Å²) in [6, 6.07) is 13.0. The number of likely N-dealkylation sites (tertiary alicyclic amines) is 1. The van der Waals surface area contributed by atoms with Gasteiger partial charge in [-0.1, -0.05) is 24.3 Å². The molecule has 2 aromatic carbocycles. The van der Waals surface area contributed by atoms with E-state index in [1.54, 1.807) is 35.4 Å². The number of anilines is 1. The van der Waals surface area contributed by atoms with Crippen LogP contribution in [0.25, 0.3) is 11.3 Å². The Kier molecular flexibility index (Phi) is 9.20. The Bertz CT molecular complexity index is 1680. The molecule has 5 rings (SSSR count). The average molecular weight is 638 g/mol. The number of aromatic amines is 1. The number of methoxy groups -OCH3 is 1. The molecule has 0 saturated carbocycles. The molecule has 14 nitrogen and oxygen atoms in total. The summed E-state index contributed by atoms with van der Waals surface area (Å²) in [6.45, 7) is 1.36. The third-order valence-corrected chi connectivity index (χ3v) is 9.72. The first kappa shape index (κ1) is 31.7. The van der Waals surface area contributed by atoms with E-state index in [2.05, 4.69) is 20.0 Å². The quantitative estimate of drug-likeness (QED) is 0.191. The van der Waals surface area contributed by atoms with Crippen molar-refractivity contribution in [2.24, 2.45) is 11.8 Å². The van der Waals surface area contributed by atoms with Crippen molar-refractivity contribution in [1.82, 2.24) is 24.5 Å². The van der Waals surface area contributed by atoms with E-state index in [1.165, 1.54) is 29.8 Å². The molecule has 15 heteroatoms. The number of sulfonamides is 1. The molecule has 2 aliphatic heterocycles. The molecule has 0 spiro atoms. The van der Waals surface area contributed by atoms with Crippen LogP contribution in [-0.4, -0.2) is 89.6 Å². The first-order valence-electron chi connectivity index (χ1n) is 14.4. The summed E-state index contributed by atoms with van der Waals surface area (Å²) < 4.78 is 30.2. The number of nitrogens with one attached hydrogen (secondary N) is 4. The molecule has 0 unspecified atom stereocenters. The predicted molar refractivity (Wildman–Crippen MR) is 166 cm³/mol. The summed E-state index contributed by atoms with van der Waals surface area (Å²) >= 11 is 0.